The molecule has 0 spiro atoms. The molecule has 0 amide bonds. The van der Waals surface area contributed by atoms with Gasteiger partial charge in [-0.15, -0.1) is 0 Å². The van der Waals surface area contributed by atoms with Crippen molar-refractivity contribution < 1.29 is 9.52 Å². The Morgan fingerprint density at radius 3 is 3.00 bits per heavy atom. The molecule has 17 heavy (non-hydrogen) atoms. The maximum Gasteiger partial charge on any atom is 0.340 e. The number of anilines is 3. The van der Waals surface area contributed by atoms with E-state index in [2.05, 4.69) is 15.5 Å². The number of nitrogens with zero attached hydrogens (tertiary/aromatic N) is 1. The van der Waals surface area contributed by atoms with Gasteiger partial charge in [-0.2, -0.15) is 0 Å². The highest BCUT2D eigenvalue weighted by Crippen LogP contribution is 2.47. The van der Waals surface area contributed by atoms with Gasteiger partial charge in [0.05, 0.1) is 36.2 Å². The maximum absolute atomic E-state index is 11.3. The van der Waals surface area contributed by atoms with Crippen molar-refractivity contribution >= 4 is 28.0 Å². The SMILES string of the molecule is O=c1cc(O)c2cc3c4c(c2o1)NCN4CN3. The first kappa shape index (κ1) is 8.74. The number of nitrogens with one attached hydrogen (secondary N) is 2. The predicted molar refractivity (Wildman–Crippen MR) is 63.6 cm³/mol. The quantitative estimate of drug-likeness (QED) is 0.589. The number of aromatic hydroxyl groups is 1. The van der Waals surface area contributed by atoms with E-state index < -0.39 is 5.63 Å². The molecule has 3 heterocycles. The van der Waals surface area contributed by atoms with Gasteiger partial charge in [-0.05, 0) is 6.07 Å². The van der Waals surface area contributed by atoms with E-state index in [1.165, 1.54) is 0 Å². The van der Waals surface area contributed by atoms with E-state index in [1.807, 2.05) is 0 Å². The number of fused-ring (bicyclic) bond motifs is 2. The third kappa shape index (κ3) is 0.968. The molecule has 0 aliphatic carbocycles. The molecule has 0 bridgehead atoms. The molecule has 0 radical (unpaired) electrons. The summed E-state index contributed by atoms with van der Waals surface area (Å²) in [5, 5.41) is 16.7. The fourth-order valence-corrected chi connectivity index (χ4v) is 2.47. The summed E-state index contributed by atoms with van der Waals surface area (Å²) >= 11 is 0. The van der Waals surface area contributed by atoms with Crippen LogP contribution in [0.4, 0.5) is 17.1 Å². The summed E-state index contributed by atoms with van der Waals surface area (Å²) in [5.74, 6) is -0.0516. The molecular weight excluding hydrogens is 222 g/mol. The van der Waals surface area contributed by atoms with E-state index in [-0.39, 0.29) is 5.75 Å². The molecule has 6 nitrogen and oxygen atoms in total. The minimum atomic E-state index is -0.544. The number of hydrogen-bond donors (Lipinski definition) is 3. The van der Waals surface area contributed by atoms with Gasteiger partial charge in [-0.1, -0.05) is 0 Å². The Morgan fingerprint density at radius 1 is 1.29 bits per heavy atom. The minimum Gasteiger partial charge on any atom is -0.507 e. The van der Waals surface area contributed by atoms with Crippen LogP contribution in [0.2, 0.25) is 0 Å². The normalized spacial score (nSPS) is 15.9. The molecule has 2 aliphatic heterocycles. The summed E-state index contributed by atoms with van der Waals surface area (Å²) in [6.07, 6.45) is 0. The summed E-state index contributed by atoms with van der Waals surface area (Å²) in [6, 6.07) is 2.89. The molecule has 0 saturated heterocycles. The van der Waals surface area contributed by atoms with Crippen LogP contribution in [0, 0.1) is 0 Å². The highest BCUT2D eigenvalue weighted by Gasteiger charge is 2.30. The van der Waals surface area contributed by atoms with Crippen LogP contribution in [0.3, 0.4) is 0 Å². The monoisotopic (exact) mass is 231 g/mol. The van der Waals surface area contributed by atoms with Gasteiger partial charge in [0.15, 0.2) is 5.58 Å². The molecule has 0 atom stereocenters. The van der Waals surface area contributed by atoms with Crippen LogP contribution < -0.4 is 21.2 Å². The van der Waals surface area contributed by atoms with Crippen LogP contribution in [0.25, 0.3) is 11.0 Å². The van der Waals surface area contributed by atoms with Crippen LogP contribution >= 0.6 is 0 Å². The summed E-state index contributed by atoms with van der Waals surface area (Å²) < 4.78 is 5.18. The van der Waals surface area contributed by atoms with Crippen molar-refractivity contribution in [2.24, 2.45) is 0 Å². The third-order valence-electron chi connectivity index (χ3n) is 3.21. The zero-order valence-electron chi connectivity index (χ0n) is 8.78. The highest BCUT2D eigenvalue weighted by molar-refractivity contribution is 6.07. The Labute approximate surface area is 95.5 Å². The second-order valence-electron chi connectivity index (χ2n) is 4.18. The van der Waals surface area contributed by atoms with Crippen molar-refractivity contribution in [2.75, 3.05) is 28.9 Å². The lowest BCUT2D eigenvalue weighted by atomic mass is 10.1. The Bertz CT molecular complexity index is 707. The van der Waals surface area contributed by atoms with Gasteiger partial charge >= 0.3 is 5.63 Å². The molecule has 2 aliphatic rings. The predicted octanol–water partition coefficient (Wildman–Crippen LogP) is 1.07. The molecule has 4 rings (SSSR count). The Balaban J connectivity index is 2.22. The smallest absolute Gasteiger partial charge is 0.340 e. The van der Waals surface area contributed by atoms with Crippen LogP contribution in [0.15, 0.2) is 21.3 Å². The van der Waals surface area contributed by atoms with Crippen molar-refractivity contribution in [1.29, 1.82) is 0 Å². The average molecular weight is 231 g/mol. The van der Waals surface area contributed by atoms with Crippen LogP contribution in [0.1, 0.15) is 0 Å². The van der Waals surface area contributed by atoms with Gasteiger partial charge in [0.2, 0.25) is 0 Å². The molecule has 0 unspecified atom stereocenters. The molecule has 2 aromatic rings. The Kier molecular flexibility index (Phi) is 1.36. The molecular formula is C11H9N3O3. The molecule has 3 N–H and O–H groups in total. The lowest BCUT2D eigenvalue weighted by Crippen LogP contribution is -2.23. The van der Waals surface area contributed by atoms with E-state index in [0.29, 0.717) is 17.6 Å². The van der Waals surface area contributed by atoms with Crippen LogP contribution in [-0.4, -0.2) is 18.4 Å². The first-order chi connectivity index (χ1) is 8.24. The molecule has 0 fully saturated rings. The van der Waals surface area contributed by atoms with Gasteiger partial charge in [0, 0.05) is 0 Å². The Morgan fingerprint density at radius 2 is 2.12 bits per heavy atom. The minimum absolute atomic E-state index is 0.0516. The van der Waals surface area contributed by atoms with E-state index >= 15 is 0 Å². The maximum atomic E-state index is 11.3. The number of rotatable bonds is 0. The van der Waals surface area contributed by atoms with Crippen molar-refractivity contribution in [2.45, 2.75) is 0 Å². The number of hydrogen-bond acceptors (Lipinski definition) is 6. The largest absolute Gasteiger partial charge is 0.507 e. The zero-order chi connectivity index (χ0) is 11.6. The van der Waals surface area contributed by atoms with E-state index in [9.17, 15) is 9.90 Å². The first-order valence-electron chi connectivity index (χ1n) is 5.30. The molecule has 1 aromatic heterocycles. The zero-order valence-corrected chi connectivity index (χ0v) is 8.78. The van der Waals surface area contributed by atoms with Gasteiger partial charge in [0.1, 0.15) is 11.4 Å². The van der Waals surface area contributed by atoms with Crippen LogP contribution in [-0.2, 0) is 0 Å². The average Bonchev–Trinajstić information content (AvgIpc) is 2.86. The van der Waals surface area contributed by atoms with Crippen molar-refractivity contribution in [3.05, 3.63) is 22.6 Å². The summed E-state index contributed by atoms with van der Waals surface area (Å²) in [7, 11) is 0. The molecule has 1 aromatic carbocycles. The number of benzene rings is 1. The van der Waals surface area contributed by atoms with Crippen molar-refractivity contribution in [1.82, 2.24) is 0 Å². The molecule has 0 saturated carbocycles. The lowest BCUT2D eigenvalue weighted by molar-refractivity contribution is 0.468. The second kappa shape index (κ2) is 2.65. The summed E-state index contributed by atoms with van der Waals surface area (Å²) in [6.45, 7) is 1.39. The van der Waals surface area contributed by atoms with Gasteiger partial charge in [-0.25, -0.2) is 4.79 Å². The van der Waals surface area contributed by atoms with E-state index in [0.717, 1.165) is 29.8 Å². The van der Waals surface area contributed by atoms with Crippen LogP contribution in [0.5, 0.6) is 5.75 Å². The van der Waals surface area contributed by atoms with Crippen molar-refractivity contribution in [3.63, 3.8) is 0 Å². The van der Waals surface area contributed by atoms with Gasteiger partial charge in [0.25, 0.3) is 0 Å². The van der Waals surface area contributed by atoms with Gasteiger partial charge in [-0.3, -0.25) is 0 Å². The summed E-state index contributed by atoms with van der Waals surface area (Å²) in [4.78, 5) is 13.4. The van der Waals surface area contributed by atoms with Crippen molar-refractivity contribution in [3.8, 4) is 5.75 Å². The molecule has 6 heteroatoms. The molecule has 86 valence electrons. The standard InChI is InChI=1S/C11H9N3O3/c15-7-2-8(16)17-11-5(7)1-6-10-9(11)13-4-14(10)3-12-6/h1-2,12-13,15H,3-4H2. The third-order valence-corrected chi connectivity index (χ3v) is 3.21. The summed E-state index contributed by atoms with van der Waals surface area (Å²) in [5.41, 5.74) is 2.60. The topological polar surface area (TPSA) is 77.7 Å². The first-order valence-corrected chi connectivity index (χ1v) is 5.30. The fourth-order valence-electron chi connectivity index (χ4n) is 2.47. The van der Waals surface area contributed by atoms with E-state index in [1.54, 1.807) is 6.07 Å². The Hall–Kier alpha value is -2.37. The fraction of sp³-hybridized carbons (Fsp3) is 0.182. The second-order valence-corrected chi connectivity index (χ2v) is 4.18. The van der Waals surface area contributed by atoms with E-state index in [4.69, 9.17) is 4.42 Å². The lowest BCUT2D eigenvalue weighted by Gasteiger charge is -2.07. The van der Waals surface area contributed by atoms with Gasteiger partial charge < -0.3 is 25.1 Å². The highest BCUT2D eigenvalue weighted by atomic mass is 16.4.